The van der Waals surface area contributed by atoms with Gasteiger partial charge in [0.25, 0.3) is 0 Å². The third-order valence-corrected chi connectivity index (χ3v) is 2.62. The molecule has 1 saturated heterocycles. The minimum absolute atomic E-state index is 0.219. The molecule has 0 aromatic carbocycles. The molecule has 0 aromatic heterocycles. The van der Waals surface area contributed by atoms with Crippen molar-refractivity contribution in [3.63, 3.8) is 0 Å². The summed E-state index contributed by atoms with van der Waals surface area (Å²) in [6, 6.07) is 0. The van der Waals surface area contributed by atoms with Gasteiger partial charge in [-0.05, 0) is 0 Å². The van der Waals surface area contributed by atoms with Gasteiger partial charge in [0.1, 0.15) is 0 Å². The topological polar surface area (TPSA) is 50.0 Å². The second-order valence-corrected chi connectivity index (χ2v) is 3.32. The van der Waals surface area contributed by atoms with Crippen LogP contribution in [0, 0.1) is 0 Å². The third kappa shape index (κ3) is 2.41. The maximum Gasteiger partial charge on any atom is 0.0441 e. The maximum absolute atomic E-state index is 7.87. The summed E-state index contributed by atoms with van der Waals surface area (Å²) in [6.07, 6.45) is 0. The molecule has 0 spiro atoms. The van der Waals surface area contributed by atoms with Crippen molar-refractivity contribution in [1.29, 1.82) is 0 Å². The number of hydrogen-bond donors (Lipinski definition) is 0. The molecule has 0 aliphatic carbocycles. The van der Waals surface area contributed by atoms with Gasteiger partial charge in [-0.25, -0.2) is 0 Å². The van der Waals surface area contributed by atoms with Crippen molar-refractivity contribution in [3.8, 4) is 0 Å². The Morgan fingerprint density at radius 2 is 2.38 bits per heavy atom. The molecule has 0 saturated carbocycles. The van der Waals surface area contributed by atoms with Gasteiger partial charge in [-0.1, -0.05) is 0 Å². The van der Waals surface area contributed by atoms with Crippen LogP contribution in [-0.4, -0.2) is 22.5 Å². The first kappa shape index (κ1) is 6.21. The minimum atomic E-state index is -0.219. The Hall–Kier alpha value is 0.0900. The highest BCUT2D eigenvalue weighted by Gasteiger charge is 2.13. The van der Waals surface area contributed by atoms with Gasteiger partial charge in [0.15, 0.2) is 0 Å². The summed E-state index contributed by atoms with van der Waals surface area (Å²) in [6.45, 7) is 2.42. The van der Waals surface area contributed by atoms with Crippen LogP contribution in [-0.2, 0) is 0 Å². The van der Waals surface area contributed by atoms with Gasteiger partial charge in [-0.15, -0.1) is 21.0 Å². The molecule has 0 N–H and O–H groups in total. The monoisotopic (exact) mass is 225 g/mol. The van der Waals surface area contributed by atoms with Crippen molar-refractivity contribution in [3.05, 3.63) is 5.53 Å². The fraction of sp³-hybridized carbons (Fsp3) is 1.00. The first-order valence-electron chi connectivity index (χ1n) is 2.28. The molecule has 46 valence electrons. The molecule has 5 heteroatoms. The Balaban J connectivity index is 2.01. The molecule has 1 aliphatic rings. The number of hydrogen-bond acceptors (Lipinski definition) is 2. The molecule has 1 heterocycles. The maximum atomic E-state index is 7.87. The fourth-order valence-electron chi connectivity index (χ4n) is 0.314. The highest BCUT2D eigenvalue weighted by Crippen LogP contribution is 2.11. The first-order valence-corrected chi connectivity index (χ1v) is 4.78. The molecule has 0 atom stereocenters. The van der Waals surface area contributed by atoms with Gasteiger partial charge < -0.3 is 8.79 Å². The predicted octanol–water partition coefficient (Wildman–Crippen LogP) is 1.35. The number of halogens is 1. The van der Waals surface area contributed by atoms with E-state index in [4.69, 9.17) is 5.53 Å². The molecule has 1 fully saturated rings. The van der Waals surface area contributed by atoms with Crippen LogP contribution < -0.4 is 0 Å². The summed E-state index contributed by atoms with van der Waals surface area (Å²) in [5.41, 5.74) is 7.87. The van der Waals surface area contributed by atoms with E-state index in [1.165, 1.54) is 13.1 Å². The van der Waals surface area contributed by atoms with Crippen molar-refractivity contribution < 1.29 is 0 Å². The lowest BCUT2D eigenvalue weighted by Crippen LogP contribution is -1.87. The van der Waals surface area contributed by atoms with Crippen molar-refractivity contribution in [2.75, 3.05) is 17.6 Å². The van der Waals surface area contributed by atoms with E-state index in [1.54, 1.807) is 0 Å². The zero-order valence-corrected chi connectivity index (χ0v) is 6.45. The molecule has 1 aliphatic heterocycles. The van der Waals surface area contributed by atoms with Gasteiger partial charge in [0.2, 0.25) is 0 Å². The van der Waals surface area contributed by atoms with E-state index in [1.807, 2.05) is 0 Å². The Morgan fingerprint density at radius 1 is 1.62 bits per heavy atom. The van der Waals surface area contributed by atoms with Gasteiger partial charge in [-0.3, -0.25) is 10.1 Å². The number of rotatable bonds is 3. The van der Waals surface area contributed by atoms with Crippen molar-refractivity contribution in [2.24, 2.45) is 8.48 Å². The van der Waals surface area contributed by atoms with E-state index >= 15 is 0 Å². The summed E-state index contributed by atoms with van der Waals surface area (Å²) in [4.78, 5) is 2.27. The van der Waals surface area contributed by atoms with Crippen LogP contribution in [0.5, 0.6) is 0 Å². The summed E-state index contributed by atoms with van der Waals surface area (Å²) in [7, 11) is 0. The lowest BCUT2D eigenvalue weighted by molar-refractivity contribution is 0.685. The standard InChI is InChI=1S/C3H6IN4/c5-7-6-4-3-8-1-2-8/h1-3H2/q-1. The lowest BCUT2D eigenvalue weighted by atomic mass is 11.0. The van der Waals surface area contributed by atoms with Crippen LogP contribution in [0.25, 0.3) is 5.53 Å². The molecule has 0 aromatic rings. The van der Waals surface area contributed by atoms with Crippen LogP contribution in [0.4, 0.5) is 0 Å². The first-order chi connectivity index (χ1) is 3.93. The van der Waals surface area contributed by atoms with Crippen molar-refractivity contribution in [2.45, 2.75) is 0 Å². The van der Waals surface area contributed by atoms with Crippen LogP contribution in [0.3, 0.4) is 0 Å². The highest BCUT2D eigenvalue weighted by molar-refractivity contribution is 14.2. The SMILES string of the molecule is [N-]=NN=ICN1CC1. The van der Waals surface area contributed by atoms with Gasteiger partial charge in [0.05, 0.1) is 0 Å². The molecular formula is C3H6IN4-. The quantitative estimate of drug-likeness (QED) is 0.178. The molecular weight excluding hydrogens is 219 g/mol. The summed E-state index contributed by atoms with van der Waals surface area (Å²) in [5.74, 6) is 0. The molecule has 1 rings (SSSR count). The lowest BCUT2D eigenvalue weighted by Gasteiger charge is -1.90. The summed E-state index contributed by atoms with van der Waals surface area (Å²) < 4.78 is 4.55. The van der Waals surface area contributed by atoms with Crippen LogP contribution in [0.15, 0.2) is 8.48 Å². The van der Waals surface area contributed by atoms with Crippen LogP contribution in [0.2, 0.25) is 0 Å². The Morgan fingerprint density at radius 3 is 2.88 bits per heavy atom. The van der Waals surface area contributed by atoms with Gasteiger partial charge in [0, 0.05) is 17.6 Å². The van der Waals surface area contributed by atoms with E-state index < -0.39 is 0 Å². The fourth-order valence-corrected chi connectivity index (χ4v) is 1.70. The zero-order chi connectivity index (χ0) is 5.82. The number of alkyl halides is 1. The Labute approximate surface area is 57.9 Å². The Kier molecular flexibility index (Phi) is 2.47. The average molecular weight is 225 g/mol. The van der Waals surface area contributed by atoms with E-state index in [0.717, 1.165) is 4.55 Å². The normalized spacial score (nSPS) is 20.5. The van der Waals surface area contributed by atoms with Crippen LogP contribution in [0.1, 0.15) is 0 Å². The van der Waals surface area contributed by atoms with E-state index in [9.17, 15) is 0 Å². The number of nitrogens with zero attached hydrogens (tertiary/aromatic N) is 4. The Bertz CT molecular complexity index is 108. The van der Waals surface area contributed by atoms with Gasteiger partial charge in [-0.2, -0.15) is 0 Å². The van der Waals surface area contributed by atoms with Crippen molar-refractivity contribution in [1.82, 2.24) is 4.90 Å². The largest absolute Gasteiger partial charge is 0.361 e. The highest BCUT2D eigenvalue weighted by atomic mass is 127. The zero-order valence-electron chi connectivity index (χ0n) is 4.29. The predicted molar refractivity (Wildman–Crippen MR) is 38.7 cm³/mol. The smallest absolute Gasteiger partial charge is 0.0441 e. The van der Waals surface area contributed by atoms with E-state index in [0.29, 0.717) is 0 Å². The second-order valence-electron chi connectivity index (χ2n) is 1.52. The summed E-state index contributed by atoms with van der Waals surface area (Å²) >= 11 is -0.219. The van der Waals surface area contributed by atoms with Gasteiger partial charge >= 0.3 is 0 Å². The second kappa shape index (κ2) is 3.18. The third-order valence-electron chi connectivity index (χ3n) is 0.850. The molecule has 8 heavy (non-hydrogen) atoms. The van der Waals surface area contributed by atoms with Crippen LogP contribution >= 0.6 is 21.0 Å². The molecule has 0 unspecified atom stereocenters. The van der Waals surface area contributed by atoms with E-state index in [2.05, 4.69) is 13.4 Å². The van der Waals surface area contributed by atoms with Crippen molar-refractivity contribution >= 4 is 21.0 Å². The average Bonchev–Trinajstić information content (AvgIpc) is 2.51. The molecule has 0 bridgehead atoms. The molecule has 0 amide bonds. The molecule has 4 nitrogen and oxygen atoms in total. The minimum Gasteiger partial charge on any atom is -0.361 e. The molecule has 0 radical (unpaired) electrons. The van der Waals surface area contributed by atoms with E-state index in [-0.39, 0.29) is 21.0 Å². The summed E-state index contributed by atoms with van der Waals surface area (Å²) in [5, 5.41) is 2.68.